The normalized spacial score (nSPS) is 15.6. The first-order valence-corrected chi connectivity index (χ1v) is 13.3. The van der Waals surface area contributed by atoms with Crippen LogP contribution in [0.15, 0.2) is 48.5 Å². The summed E-state index contributed by atoms with van der Waals surface area (Å²) in [5.74, 6) is 0.973. The van der Waals surface area contributed by atoms with Gasteiger partial charge in [0.15, 0.2) is 0 Å². The summed E-state index contributed by atoms with van der Waals surface area (Å²) in [7, 11) is 0. The van der Waals surface area contributed by atoms with E-state index in [-0.39, 0.29) is 11.8 Å². The van der Waals surface area contributed by atoms with Crippen LogP contribution in [0.25, 0.3) is 10.2 Å². The zero-order valence-electron chi connectivity index (χ0n) is 17.9. The molecule has 3 aromatic rings. The average molecular weight is 488 g/mol. The number of nitrogens with zero attached hydrogens (tertiary/aromatic N) is 2. The molecule has 0 spiro atoms. The van der Waals surface area contributed by atoms with Crippen LogP contribution < -0.4 is 5.32 Å². The number of benzene rings is 2. The summed E-state index contributed by atoms with van der Waals surface area (Å²) < 4.78 is 1.14. The van der Waals surface area contributed by atoms with Crippen LogP contribution in [0, 0.1) is 0 Å². The zero-order chi connectivity index (χ0) is 22.5. The number of hydrogen-bond donors (Lipinski definition) is 1. The number of halogens is 1. The molecule has 0 radical (unpaired) electrons. The predicted molar refractivity (Wildman–Crippen MR) is 134 cm³/mol. The Morgan fingerprint density at radius 3 is 2.69 bits per heavy atom. The second-order valence-electron chi connectivity index (χ2n) is 7.94. The highest BCUT2D eigenvalue weighted by atomic mass is 35.5. The fraction of sp³-hybridized carbons (Fsp3) is 0.375. The molecule has 1 aliphatic rings. The van der Waals surface area contributed by atoms with Gasteiger partial charge in [0.25, 0.3) is 5.91 Å². The van der Waals surface area contributed by atoms with E-state index in [0.717, 1.165) is 33.8 Å². The van der Waals surface area contributed by atoms with E-state index >= 15 is 0 Å². The first-order chi connectivity index (χ1) is 15.5. The number of fused-ring (bicyclic) bond motifs is 1. The van der Waals surface area contributed by atoms with Gasteiger partial charge in [0.05, 0.1) is 15.2 Å². The number of carbonyl (C=O) groups is 2. The van der Waals surface area contributed by atoms with Crippen molar-refractivity contribution in [2.45, 2.75) is 31.2 Å². The number of likely N-dealkylation sites (tertiary alicyclic amines) is 1. The van der Waals surface area contributed by atoms with Crippen molar-refractivity contribution in [2.24, 2.45) is 0 Å². The third-order valence-electron chi connectivity index (χ3n) is 5.77. The lowest BCUT2D eigenvalue weighted by molar-refractivity contribution is -0.134. The second kappa shape index (κ2) is 10.7. The Hall–Kier alpha value is -2.09. The molecule has 8 heteroatoms. The molecule has 1 atom stereocenters. The number of hydrogen-bond acceptors (Lipinski definition) is 5. The molecular formula is C24H26ClN3O2S2. The van der Waals surface area contributed by atoms with Gasteiger partial charge < -0.3 is 10.2 Å². The Labute approximate surface area is 201 Å². The molecule has 1 fully saturated rings. The third kappa shape index (κ3) is 5.45. The second-order valence-corrected chi connectivity index (χ2v) is 10.4. The number of thiazole rings is 1. The van der Waals surface area contributed by atoms with Gasteiger partial charge in [-0.2, -0.15) is 11.8 Å². The fourth-order valence-electron chi connectivity index (χ4n) is 3.98. The van der Waals surface area contributed by atoms with Gasteiger partial charge in [0.1, 0.15) is 6.04 Å². The van der Waals surface area contributed by atoms with Crippen molar-refractivity contribution >= 4 is 56.7 Å². The molecular weight excluding hydrogens is 462 g/mol. The minimum absolute atomic E-state index is 0.0119. The maximum absolute atomic E-state index is 13.3. The molecule has 5 nitrogen and oxygen atoms in total. The first-order valence-electron chi connectivity index (χ1n) is 10.7. The van der Waals surface area contributed by atoms with Crippen LogP contribution in [0.4, 0.5) is 0 Å². The summed E-state index contributed by atoms with van der Waals surface area (Å²) in [6.07, 6.45) is 4.39. The van der Waals surface area contributed by atoms with Crippen molar-refractivity contribution in [2.75, 3.05) is 25.1 Å². The maximum Gasteiger partial charge on any atom is 0.251 e. The Morgan fingerprint density at radius 2 is 1.97 bits per heavy atom. The zero-order valence-corrected chi connectivity index (χ0v) is 20.3. The number of aromatic nitrogens is 1. The van der Waals surface area contributed by atoms with Gasteiger partial charge in [-0.15, -0.1) is 11.3 Å². The van der Waals surface area contributed by atoms with Crippen molar-refractivity contribution in [3.8, 4) is 0 Å². The van der Waals surface area contributed by atoms with E-state index in [9.17, 15) is 9.59 Å². The van der Waals surface area contributed by atoms with Gasteiger partial charge in [0.2, 0.25) is 5.91 Å². The minimum Gasteiger partial charge on any atom is -0.341 e. The summed E-state index contributed by atoms with van der Waals surface area (Å²) in [5, 5.41) is 4.78. The lowest BCUT2D eigenvalue weighted by Crippen LogP contribution is -2.50. The Kier molecular flexibility index (Phi) is 7.71. The SMILES string of the molecule is CSCCC(NC(=O)c1ccccc1)C(=O)N1CCC(c2nc3cc(Cl)ccc3s2)CC1. The molecule has 0 aliphatic carbocycles. The van der Waals surface area contributed by atoms with Crippen molar-refractivity contribution in [1.29, 1.82) is 0 Å². The molecule has 168 valence electrons. The molecule has 0 saturated carbocycles. The van der Waals surface area contributed by atoms with E-state index in [1.54, 1.807) is 35.2 Å². The van der Waals surface area contributed by atoms with Gasteiger partial charge in [-0.25, -0.2) is 4.98 Å². The van der Waals surface area contributed by atoms with Gasteiger partial charge >= 0.3 is 0 Å². The van der Waals surface area contributed by atoms with Gasteiger partial charge in [0, 0.05) is 29.6 Å². The number of amides is 2. The van der Waals surface area contributed by atoms with Crippen molar-refractivity contribution in [3.05, 3.63) is 64.1 Å². The Balaban J connectivity index is 1.39. The van der Waals surface area contributed by atoms with Crippen LogP contribution in [-0.4, -0.2) is 52.8 Å². The summed E-state index contributed by atoms with van der Waals surface area (Å²) in [5.41, 5.74) is 1.51. The highest BCUT2D eigenvalue weighted by Gasteiger charge is 2.30. The quantitative estimate of drug-likeness (QED) is 0.497. The lowest BCUT2D eigenvalue weighted by atomic mass is 9.96. The molecule has 4 rings (SSSR count). The molecule has 2 heterocycles. The largest absolute Gasteiger partial charge is 0.341 e. The van der Waals surface area contributed by atoms with Crippen molar-refractivity contribution in [3.63, 3.8) is 0 Å². The van der Waals surface area contributed by atoms with Crippen molar-refractivity contribution in [1.82, 2.24) is 15.2 Å². The van der Waals surface area contributed by atoms with E-state index < -0.39 is 6.04 Å². The van der Waals surface area contributed by atoms with Crippen LogP contribution in [0.1, 0.15) is 40.5 Å². The highest BCUT2D eigenvalue weighted by molar-refractivity contribution is 7.98. The van der Waals surface area contributed by atoms with Gasteiger partial charge in [-0.1, -0.05) is 29.8 Å². The van der Waals surface area contributed by atoms with Crippen LogP contribution in [0.5, 0.6) is 0 Å². The van der Waals surface area contributed by atoms with Crippen LogP contribution in [-0.2, 0) is 4.79 Å². The van der Waals surface area contributed by atoms with Crippen molar-refractivity contribution < 1.29 is 9.59 Å². The summed E-state index contributed by atoms with van der Waals surface area (Å²) in [6.45, 7) is 1.36. The Morgan fingerprint density at radius 1 is 1.22 bits per heavy atom. The summed E-state index contributed by atoms with van der Waals surface area (Å²) in [6, 6.07) is 14.4. The molecule has 1 N–H and O–H groups in total. The molecule has 0 bridgehead atoms. The molecule has 1 aliphatic heterocycles. The number of rotatable bonds is 7. The van der Waals surface area contributed by atoms with Gasteiger partial charge in [-0.05, 0) is 61.6 Å². The van der Waals surface area contributed by atoms with E-state index in [0.29, 0.717) is 36.0 Å². The van der Waals surface area contributed by atoms with Crippen LogP contribution in [0.3, 0.4) is 0 Å². The highest BCUT2D eigenvalue weighted by Crippen LogP contribution is 2.34. The monoisotopic (exact) mass is 487 g/mol. The number of carbonyl (C=O) groups excluding carboxylic acids is 2. The summed E-state index contributed by atoms with van der Waals surface area (Å²) >= 11 is 9.49. The average Bonchev–Trinajstić information content (AvgIpc) is 3.25. The molecule has 1 unspecified atom stereocenters. The Bertz CT molecular complexity index is 1080. The minimum atomic E-state index is -0.503. The third-order valence-corrected chi connectivity index (χ3v) is 7.85. The van der Waals surface area contributed by atoms with Crippen LogP contribution in [0.2, 0.25) is 5.02 Å². The predicted octanol–water partition coefficient (Wildman–Crippen LogP) is 5.21. The molecule has 2 aromatic carbocycles. The molecule has 1 aromatic heterocycles. The molecule has 2 amide bonds. The van der Waals surface area contributed by atoms with E-state index in [1.807, 2.05) is 47.6 Å². The van der Waals surface area contributed by atoms with E-state index in [1.165, 1.54) is 0 Å². The molecule has 1 saturated heterocycles. The number of piperidine rings is 1. The fourth-order valence-corrected chi connectivity index (χ4v) is 5.74. The number of thioether (sulfide) groups is 1. The van der Waals surface area contributed by atoms with E-state index in [4.69, 9.17) is 16.6 Å². The smallest absolute Gasteiger partial charge is 0.251 e. The van der Waals surface area contributed by atoms with E-state index in [2.05, 4.69) is 5.32 Å². The molecule has 32 heavy (non-hydrogen) atoms. The standard InChI is InChI=1S/C24H26ClN3O2S2/c1-31-14-11-19(26-22(29)16-5-3-2-4-6-16)24(30)28-12-9-17(10-13-28)23-27-20-15-18(25)7-8-21(20)32-23/h2-8,15,17,19H,9-14H2,1H3,(H,26,29). The van der Waals surface area contributed by atoms with Gasteiger partial charge in [-0.3, -0.25) is 9.59 Å². The first kappa shape index (κ1) is 23.1. The topological polar surface area (TPSA) is 62.3 Å². The number of nitrogens with one attached hydrogen (secondary N) is 1. The van der Waals surface area contributed by atoms with Crippen LogP contribution >= 0.6 is 34.7 Å². The maximum atomic E-state index is 13.3. The lowest BCUT2D eigenvalue weighted by Gasteiger charge is -2.33. The summed E-state index contributed by atoms with van der Waals surface area (Å²) in [4.78, 5) is 32.6.